The first-order valence-electron chi connectivity index (χ1n) is 8.02. The van der Waals surface area contributed by atoms with Gasteiger partial charge in [-0.1, -0.05) is 25.7 Å². The van der Waals surface area contributed by atoms with Gasteiger partial charge in [0, 0.05) is 17.9 Å². The van der Waals surface area contributed by atoms with E-state index in [9.17, 15) is 4.79 Å². The van der Waals surface area contributed by atoms with Crippen molar-refractivity contribution in [2.24, 2.45) is 5.92 Å². The highest BCUT2D eigenvalue weighted by molar-refractivity contribution is 5.83. The van der Waals surface area contributed by atoms with Gasteiger partial charge in [0.15, 0.2) is 0 Å². The van der Waals surface area contributed by atoms with E-state index >= 15 is 0 Å². The molecule has 0 aliphatic heterocycles. The third-order valence-electron chi connectivity index (χ3n) is 4.81. The molecular weight excluding hydrogens is 264 g/mol. The van der Waals surface area contributed by atoms with E-state index in [1.165, 1.54) is 25.7 Å². The molecule has 0 radical (unpaired) electrons. The van der Waals surface area contributed by atoms with Crippen molar-refractivity contribution in [1.29, 1.82) is 5.26 Å². The van der Waals surface area contributed by atoms with Gasteiger partial charge in [-0.3, -0.25) is 4.79 Å². The summed E-state index contributed by atoms with van der Waals surface area (Å²) in [6.45, 7) is 0.227. The number of hydrogen-bond donors (Lipinski definition) is 0. The predicted molar refractivity (Wildman–Crippen MR) is 78.4 cm³/mol. The number of furan rings is 1. The molecule has 2 aliphatic carbocycles. The molecule has 0 bridgehead atoms. The summed E-state index contributed by atoms with van der Waals surface area (Å²) in [6, 6.07) is 6.25. The van der Waals surface area contributed by atoms with Gasteiger partial charge in [0.25, 0.3) is 0 Å². The molecule has 0 saturated heterocycles. The normalized spacial score (nSPS) is 25.9. The molecular formula is C17H22N2O2. The lowest BCUT2D eigenvalue weighted by molar-refractivity contribution is -0.134. The largest absolute Gasteiger partial charge is 0.469 e. The van der Waals surface area contributed by atoms with Crippen LogP contribution in [0.5, 0.6) is 0 Å². The summed E-state index contributed by atoms with van der Waals surface area (Å²) in [4.78, 5) is 14.6. The highest BCUT2D eigenvalue weighted by atomic mass is 16.3. The molecule has 2 aliphatic rings. The molecule has 2 unspecified atom stereocenters. The van der Waals surface area contributed by atoms with Crippen molar-refractivity contribution in [1.82, 2.24) is 4.90 Å². The minimum atomic E-state index is 0.0211. The van der Waals surface area contributed by atoms with Gasteiger partial charge >= 0.3 is 0 Å². The van der Waals surface area contributed by atoms with Crippen LogP contribution in [0.4, 0.5) is 0 Å². The van der Waals surface area contributed by atoms with Gasteiger partial charge in [-0.15, -0.1) is 0 Å². The molecule has 0 N–H and O–H groups in total. The predicted octanol–water partition coefficient (Wildman–Crippen LogP) is 3.46. The van der Waals surface area contributed by atoms with Crippen molar-refractivity contribution >= 4 is 5.91 Å². The van der Waals surface area contributed by atoms with Gasteiger partial charge in [0.05, 0.1) is 12.3 Å². The van der Waals surface area contributed by atoms with Crippen LogP contribution in [-0.2, 0) is 4.79 Å². The first-order valence-corrected chi connectivity index (χ1v) is 8.02. The van der Waals surface area contributed by atoms with Crippen LogP contribution in [0.25, 0.3) is 0 Å². The van der Waals surface area contributed by atoms with Crippen molar-refractivity contribution in [2.75, 3.05) is 6.54 Å². The summed E-state index contributed by atoms with van der Waals surface area (Å²) >= 11 is 0. The fourth-order valence-corrected chi connectivity index (χ4v) is 3.53. The lowest BCUT2D eigenvalue weighted by Gasteiger charge is -2.29. The molecule has 1 aromatic heterocycles. The maximum atomic E-state index is 12.7. The quantitative estimate of drug-likeness (QED) is 0.629. The molecule has 1 heterocycles. The second kappa shape index (κ2) is 6.34. The Balaban J connectivity index is 1.66. The van der Waals surface area contributed by atoms with Crippen molar-refractivity contribution in [3.8, 4) is 6.07 Å². The second-order valence-corrected chi connectivity index (χ2v) is 6.23. The van der Waals surface area contributed by atoms with Gasteiger partial charge < -0.3 is 9.32 Å². The van der Waals surface area contributed by atoms with Crippen molar-refractivity contribution in [3.05, 3.63) is 24.2 Å². The van der Waals surface area contributed by atoms with Gasteiger partial charge in [0.2, 0.25) is 5.91 Å². The molecule has 112 valence electrons. The highest BCUT2D eigenvalue weighted by Gasteiger charge is 2.48. The van der Waals surface area contributed by atoms with Crippen molar-refractivity contribution in [3.63, 3.8) is 0 Å². The molecule has 0 spiro atoms. The highest BCUT2D eigenvalue weighted by Crippen LogP contribution is 2.49. The molecule has 3 rings (SSSR count). The number of nitriles is 1. The molecule has 2 fully saturated rings. The van der Waals surface area contributed by atoms with E-state index < -0.39 is 0 Å². The van der Waals surface area contributed by atoms with Crippen molar-refractivity contribution < 1.29 is 9.21 Å². The molecule has 21 heavy (non-hydrogen) atoms. The number of rotatable bonds is 4. The smallest absolute Gasteiger partial charge is 0.227 e. The zero-order valence-corrected chi connectivity index (χ0v) is 12.3. The average Bonchev–Trinajstić information content (AvgIpc) is 3.20. The van der Waals surface area contributed by atoms with Crippen LogP contribution in [0.15, 0.2) is 22.8 Å². The van der Waals surface area contributed by atoms with Crippen molar-refractivity contribution in [2.45, 2.75) is 56.9 Å². The second-order valence-electron chi connectivity index (χ2n) is 6.23. The Bertz CT molecular complexity index is 509. The fourth-order valence-electron chi connectivity index (χ4n) is 3.53. The maximum Gasteiger partial charge on any atom is 0.227 e. The fraction of sp³-hybridized carbons (Fsp3) is 0.647. The Labute approximate surface area is 125 Å². The zero-order chi connectivity index (χ0) is 14.7. The summed E-state index contributed by atoms with van der Waals surface area (Å²) in [6.07, 6.45) is 9.47. The van der Waals surface area contributed by atoms with Gasteiger partial charge in [-0.2, -0.15) is 5.26 Å². The average molecular weight is 286 g/mol. The number of carbonyl (C=O) groups excluding carboxylic acids is 1. The topological polar surface area (TPSA) is 57.2 Å². The van der Waals surface area contributed by atoms with Crippen LogP contribution >= 0.6 is 0 Å². The van der Waals surface area contributed by atoms with Crippen LogP contribution < -0.4 is 0 Å². The number of nitrogens with zero attached hydrogens (tertiary/aromatic N) is 2. The summed E-state index contributed by atoms with van der Waals surface area (Å²) in [7, 11) is 0. The molecule has 4 heteroatoms. The Kier molecular flexibility index (Phi) is 4.28. The number of carbonyl (C=O) groups is 1. The van der Waals surface area contributed by atoms with E-state index in [1.807, 2.05) is 17.0 Å². The third kappa shape index (κ3) is 3.12. The standard InChI is InChI=1S/C17H22N2O2/c18-9-10-19(13-6-3-1-2-4-7-13)17(20)15-12-14(15)16-8-5-11-21-16/h5,8,11,13-15H,1-4,6-7,10,12H2. The van der Waals surface area contributed by atoms with Crippen LogP contribution in [0.3, 0.4) is 0 Å². The van der Waals surface area contributed by atoms with E-state index in [0.717, 1.165) is 25.0 Å². The summed E-state index contributed by atoms with van der Waals surface area (Å²) in [5, 5.41) is 9.08. The number of amides is 1. The summed E-state index contributed by atoms with van der Waals surface area (Å²) < 4.78 is 5.41. The van der Waals surface area contributed by atoms with E-state index in [2.05, 4.69) is 6.07 Å². The van der Waals surface area contributed by atoms with Gasteiger partial charge in [-0.05, 0) is 31.4 Å². The van der Waals surface area contributed by atoms with E-state index in [1.54, 1.807) is 6.26 Å². The molecule has 4 nitrogen and oxygen atoms in total. The molecule has 2 saturated carbocycles. The molecule has 2 atom stereocenters. The maximum absolute atomic E-state index is 12.7. The first-order chi connectivity index (χ1) is 10.3. The van der Waals surface area contributed by atoms with E-state index in [4.69, 9.17) is 9.68 Å². The Hall–Kier alpha value is -1.76. The minimum absolute atomic E-state index is 0.0211. The van der Waals surface area contributed by atoms with Crippen LogP contribution in [0, 0.1) is 17.2 Å². The lowest BCUT2D eigenvalue weighted by atomic mass is 10.1. The SMILES string of the molecule is N#CCN(C(=O)C1CC1c1ccco1)C1CCCCCC1. The summed E-state index contributed by atoms with van der Waals surface area (Å²) in [5.74, 6) is 1.31. The van der Waals surface area contributed by atoms with Crippen LogP contribution in [-0.4, -0.2) is 23.4 Å². The number of hydrogen-bond acceptors (Lipinski definition) is 3. The third-order valence-corrected chi connectivity index (χ3v) is 4.81. The molecule has 0 aromatic carbocycles. The van der Waals surface area contributed by atoms with Gasteiger partial charge in [-0.25, -0.2) is 0 Å². The first kappa shape index (κ1) is 14.2. The van der Waals surface area contributed by atoms with Gasteiger partial charge in [0.1, 0.15) is 12.3 Å². The Morgan fingerprint density at radius 3 is 2.71 bits per heavy atom. The van der Waals surface area contributed by atoms with E-state index in [-0.39, 0.29) is 30.3 Å². The Morgan fingerprint density at radius 1 is 1.33 bits per heavy atom. The van der Waals surface area contributed by atoms with Crippen LogP contribution in [0.1, 0.15) is 56.6 Å². The zero-order valence-electron chi connectivity index (χ0n) is 12.3. The molecule has 1 amide bonds. The summed E-state index contributed by atoms with van der Waals surface area (Å²) in [5.41, 5.74) is 0. The minimum Gasteiger partial charge on any atom is -0.469 e. The van der Waals surface area contributed by atoms with Crippen LogP contribution in [0.2, 0.25) is 0 Å². The lowest BCUT2D eigenvalue weighted by Crippen LogP contribution is -2.41. The monoisotopic (exact) mass is 286 g/mol. The Morgan fingerprint density at radius 2 is 2.10 bits per heavy atom. The molecule has 1 aromatic rings. The van der Waals surface area contributed by atoms with E-state index in [0.29, 0.717) is 0 Å².